The largest absolute Gasteiger partial charge is 0.375 e. The lowest BCUT2D eigenvalue weighted by Gasteiger charge is -2.21. The van der Waals surface area contributed by atoms with Gasteiger partial charge in [-0.1, -0.05) is 0 Å². The molecule has 0 spiro atoms. The first-order chi connectivity index (χ1) is 6.60. The van der Waals surface area contributed by atoms with Crippen LogP contribution in [-0.4, -0.2) is 18.6 Å². The van der Waals surface area contributed by atoms with Crippen molar-refractivity contribution in [2.75, 3.05) is 13.7 Å². The normalized spacial score (nSPS) is 12.0. The van der Waals surface area contributed by atoms with Gasteiger partial charge in [-0.2, -0.15) is 0 Å². The molecule has 1 aromatic heterocycles. The van der Waals surface area contributed by atoms with Gasteiger partial charge in [0.05, 0.1) is 17.8 Å². The summed E-state index contributed by atoms with van der Waals surface area (Å²) in [5, 5.41) is 6.36. The maximum Gasteiger partial charge on any atom is 0.119 e. The first-order valence-corrected chi connectivity index (χ1v) is 5.69. The van der Waals surface area contributed by atoms with Crippen molar-refractivity contribution < 1.29 is 4.74 Å². The van der Waals surface area contributed by atoms with Gasteiger partial charge in [0.25, 0.3) is 0 Å². The van der Waals surface area contributed by atoms with Crippen LogP contribution in [0, 0.1) is 0 Å². The molecule has 0 saturated carbocycles. The quantitative estimate of drug-likeness (QED) is 0.815. The summed E-state index contributed by atoms with van der Waals surface area (Å²) in [6, 6.07) is 0. The Kier molecular flexibility index (Phi) is 4.04. The van der Waals surface area contributed by atoms with Gasteiger partial charge in [-0.05, 0) is 27.8 Å². The molecule has 80 valence electrons. The Morgan fingerprint density at radius 3 is 2.86 bits per heavy atom. The predicted molar refractivity (Wildman–Crippen MR) is 59.5 cm³/mol. The van der Waals surface area contributed by atoms with E-state index in [1.807, 2.05) is 14.0 Å². The van der Waals surface area contributed by atoms with Gasteiger partial charge < -0.3 is 10.1 Å². The first-order valence-electron chi connectivity index (χ1n) is 4.81. The van der Waals surface area contributed by atoms with Gasteiger partial charge in [-0.15, -0.1) is 11.3 Å². The summed E-state index contributed by atoms with van der Waals surface area (Å²) < 4.78 is 5.31. The Bertz CT molecular complexity index is 283. The van der Waals surface area contributed by atoms with E-state index in [-0.39, 0.29) is 5.54 Å². The van der Waals surface area contributed by atoms with Crippen LogP contribution < -0.4 is 5.32 Å². The molecule has 1 N–H and O–H groups in total. The molecule has 0 aromatic carbocycles. The lowest BCUT2D eigenvalue weighted by Crippen LogP contribution is -2.33. The van der Waals surface area contributed by atoms with Gasteiger partial charge in [0.15, 0.2) is 0 Å². The SMILES string of the molecule is CCOCc1nc(C(C)(C)NC)cs1. The lowest BCUT2D eigenvalue weighted by atomic mass is 10.0. The van der Waals surface area contributed by atoms with Crippen LogP contribution in [0.4, 0.5) is 0 Å². The van der Waals surface area contributed by atoms with Crippen molar-refractivity contribution in [3.63, 3.8) is 0 Å². The molecule has 0 fully saturated rings. The Hall–Kier alpha value is -0.450. The summed E-state index contributed by atoms with van der Waals surface area (Å²) in [5.74, 6) is 0. The summed E-state index contributed by atoms with van der Waals surface area (Å²) >= 11 is 1.66. The fourth-order valence-corrected chi connectivity index (χ4v) is 1.88. The molecule has 0 radical (unpaired) electrons. The van der Waals surface area contributed by atoms with Gasteiger partial charge >= 0.3 is 0 Å². The highest BCUT2D eigenvalue weighted by Gasteiger charge is 2.20. The topological polar surface area (TPSA) is 34.1 Å². The van der Waals surface area contributed by atoms with E-state index in [0.29, 0.717) is 6.61 Å². The van der Waals surface area contributed by atoms with E-state index in [1.54, 1.807) is 11.3 Å². The van der Waals surface area contributed by atoms with Crippen LogP contribution in [0.2, 0.25) is 0 Å². The average molecular weight is 214 g/mol. The van der Waals surface area contributed by atoms with Gasteiger partial charge in [0.2, 0.25) is 0 Å². The molecule has 3 nitrogen and oxygen atoms in total. The second kappa shape index (κ2) is 4.87. The fraction of sp³-hybridized carbons (Fsp3) is 0.700. The van der Waals surface area contributed by atoms with Crippen molar-refractivity contribution in [2.45, 2.75) is 32.9 Å². The zero-order valence-electron chi connectivity index (χ0n) is 9.26. The van der Waals surface area contributed by atoms with Crippen LogP contribution >= 0.6 is 11.3 Å². The molecular formula is C10H18N2OS. The molecule has 0 aliphatic carbocycles. The van der Waals surface area contributed by atoms with E-state index in [9.17, 15) is 0 Å². The van der Waals surface area contributed by atoms with Crippen LogP contribution in [-0.2, 0) is 16.9 Å². The fourth-order valence-electron chi connectivity index (χ4n) is 0.982. The van der Waals surface area contributed by atoms with E-state index in [0.717, 1.165) is 17.3 Å². The van der Waals surface area contributed by atoms with E-state index in [4.69, 9.17) is 4.74 Å². The molecule has 14 heavy (non-hydrogen) atoms. The number of hydrogen-bond donors (Lipinski definition) is 1. The number of nitrogens with one attached hydrogen (secondary N) is 1. The molecule has 0 aliphatic rings. The molecular weight excluding hydrogens is 196 g/mol. The van der Waals surface area contributed by atoms with Gasteiger partial charge in [0, 0.05) is 12.0 Å². The predicted octanol–water partition coefficient (Wildman–Crippen LogP) is 2.13. The number of ether oxygens (including phenoxy) is 1. The zero-order valence-corrected chi connectivity index (χ0v) is 10.1. The standard InChI is InChI=1S/C10H18N2OS/c1-5-13-6-9-12-8(7-14-9)10(2,3)11-4/h7,11H,5-6H2,1-4H3. The lowest BCUT2D eigenvalue weighted by molar-refractivity contribution is 0.133. The first kappa shape index (κ1) is 11.6. The van der Waals surface area contributed by atoms with Gasteiger partial charge in [-0.25, -0.2) is 4.98 Å². The van der Waals surface area contributed by atoms with Crippen LogP contribution in [0.25, 0.3) is 0 Å². The average Bonchev–Trinajstić information content (AvgIpc) is 2.63. The van der Waals surface area contributed by atoms with Crippen LogP contribution in [0.5, 0.6) is 0 Å². The van der Waals surface area contributed by atoms with Crippen molar-refractivity contribution in [3.8, 4) is 0 Å². The summed E-state index contributed by atoms with van der Waals surface area (Å²) in [7, 11) is 1.95. The van der Waals surface area contributed by atoms with Gasteiger partial charge in [0.1, 0.15) is 5.01 Å². The maximum absolute atomic E-state index is 5.31. The number of hydrogen-bond acceptors (Lipinski definition) is 4. The Labute approximate surface area is 89.5 Å². The van der Waals surface area contributed by atoms with Crippen molar-refractivity contribution in [1.82, 2.24) is 10.3 Å². The molecule has 1 heterocycles. The van der Waals surface area contributed by atoms with Gasteiger partial charge in [-0.3, -0.25) is 0 Å². The molecule has 0 bridgehead atoms. The Balaban J connectivity index is 2.67. The van der Waals surface area contributed by atoms with E-state index < -0.39 is 0 Å². The number of aromatic nitrogens is 1. The summed E-state index contributed by atoms with van der Waals surface area (Å²) in [6.45, 7) is 7.59. The smallest absolute Gasteiger partial charge is 0.119 e. The molecule has 0 unspecified atom stereocenters. The molecule has 1 aromatic rings. The summed E-state index contributed by atoms with van der Waals surface area (Å²) in [5.41, 5.74) is 1.03. The van der Waals surface area contributed by atoms with Crippen LogP contribution in [0.3, 0.4) is 0 Å². The van der Waals surface area contributed by atoms with Crippen LogP contribution in [0.15, 0.2) is 5.38 Å². The molecule has 4 heteroatoms. The highest BCUT2D eigenvalue weighted by atomic mass is 32.1. The minimum Gasteiger partial charge on any atom is -0.375 e. The summed E-state index contributed by atoms with van der Waals surface area (Å²) in [6.07, 6.45) is 0. The minimum absolute atomic E-state index is 0.0546. The number of nitrogens with zero attached hydrogens (tertiary/aromatic N) is 1. The molecule has 0 aliphatic heterocycles. The molecule has 1 rings (SSSR count). The number of rotatable bonds is 5. The third-order valence-electron chi connectivity index (χ3n) is 2.25. The Morgan fingerprint density at radius 2 is 2.29 bits per heavy atom. The Morgan fingerprint density at radius 1 is 1.57 bits per heavy atom. The van der Waals surface area contributed by atoms with Crippen molar-refractivity contribution in [3.05, 3.63) is 16.1 Å². The van der Waals surface area contributed by atoms with Crippen molar-refractivity contribution in [1.29, 1.82) is 0 Å². The second-order valence-corrected chi connectivity index (χ2v) is 4.58. The third-order valence-corrected chi connectivity index (χ3v) is 3.07. The molecule has 0 atom stereocenters. The van der Waals surface area contributed by atoms with E-state index in [2.05, 4.69) is 29.5 Å². The monoisotopic (exact) mass is 214 g/mol. The van der Waals surface area contributed by atoms with Crippen molar-refractivity contribution in [2.24, 2.45) is 0 Å². The molecule has 0 saturated heterocycles. The van der Waals surface area contributed by atoms with E-state index >= 15 is 0 Å². The number of thiazole rings is 1. The van der Waals surface area contributed by atoms with E-state index in [1.165, 1.54) is 0 Å². The maximum atomic E-state index is 5.31. The highest BCUT2D eigenvalue weighted by Crippen LogP contribution is 2.21. The summed E-state index contributed by atoms with van der Waals surface area (Å²) in [4.78, 5) is 4.52. The van der Waals surface area contributed by atoms with Crippen LogP contribution in [0.1, 0.15) is 31.5 Å². The second-order valence-electron chi connectivity index (χ2n) is 3.64. The minimum atomic E-state index is -0.0546. The molecule has 0 amide bonds. The van der Waals surface area contributed by atoms with Crippen molar-refractivity contribution >= 4 is 11.3 Å². The highest BCUT2D eigenvalue weighted by molar-refractivity contribution is 7.09. The zero-order chi connectivity index (χ0) is 10.6. The third kappa shape index (κ3) is 2.77.